The Morgan fingerprint density at radius 1 is 1.43 bits per heavy atom. The molecule has 1 saturated heterocycles. The first-order valence-corrected chi connectivity index (χ1v) is 8.65. The number of carbonyl (C=O) groups is 1. The third kappa shape index (κ3) is 4.42. The van der Waals surface area contributed by atoms with Crippen LogP contribution in [0.1, 0.15) is 19.8 Å². The van der Waals surface area contributed by atoms with Crippen molar-refractivity contribution in [3.8, 4) is 5.75 Å². The van der Waals surface area contributed by atoms with Crippen LogP contribution in [0.2, 0.25) is 0 Å². The summed E-state index contributed by atoms with van der Waals surface area (Å²) in [5.74, 6) is -0.239. The van der Waals surface area contributed by atoms with Crippen LogP contribution in [0.25, 0.3) is 0 Å². The van der Waals surface area contributed by atoms with Crippen LogP contribution in [0.15, 0.2) is 24.3 Å². The molecule has 0 aliphatic carbocycles. The maximum absolute atomic E-state index is 12.8. The van der Waals surface area contributed by atoms with Gasteiger partial charge < -0.3 is 10.1 Å². The van der Waals surface area contributed by atoms with Crippen LogP contribution in [0.4, 0.5) is 4.39 Å². The van der Waals surface area contributed by atoms with Crippen molar-refractivity contribution in [1.82, 2.24) is 5.32 Å². The Morgan fingerprint density at radius 2 is 2.10 bits per heavy atom. The third-order valence-electron chi connectivity index (χ3n) is 3.33. The lowest BCUT2D eigenvalue weighted by atomic mass is 10.2. The molecule has 0 bridgehead atoms. The van der Waals surface area contributed by atoms with Gasteiger partial charge in [0.15, 0.2) is 15.9 Å². The lowest BCUT2D eigenvalue weighted by Gasteiger charge is -2.19. The molecule has 1 N–H and O–H groups in total. The monoisotopic (exact) mass is 315 g/mol. The number of rotatable bonds is 5. The average molecular weight is 315 g/mol. The van der Waals surface area contributed by atoms with Gasteiger partial charge in [-0.15, -0.1) is 0 Å². The van der Waals surface area contributed by atoms with E-state index < -0.39 is 15.9 Å². The highest BCUT2D eigenvalue weighted by molar-refractivity contribution is 7.91. The van der Waals surface area contributed by atoms with Crippen LogP contribution in [0.3, 0.4) is 0 Å². The molecule has 1 aliphatic heterocycles. The zero-order valence-electron chi connectivity index (χ0n) is 11.7. The molecule has 0 unspecified atom stereocenters. The lowest BCUT2D eigenvalue weighted by Crippen LogP contribution is -2.44. The van der Waals surface area contributed by atoms with Gasteiger partial charge in [-0.05, 0) is 37.1 Å². The Bertz CT molecular complexity index is 600. The molecule has 1 heterocycles. The van der Waals surface area contributed by atoms with Crippen molar-refractivity contribution in [2.45, 2.75) is 31.9 Å². The van der Waals surface area contributed by atoms with Crippen molar-refractivity contribution in [1.29, 1.82) is 0 Å². The Morgan fingerprint density at radius 3 is 2.62 bits per heavy atom. The molecule has 116 valence electrons. The second kappa shape index (κ2) is 6.43. The molecule has 7 heteroatoms. The third-order valence-corrected chi connectivity index (χ3v) is 5.10. The number of ether oxygens (including phenoxy) is 1. The van der Waals surface area contributed by atoms with E-state index in [2.05, 4.69) is 5.32 Å². The predicted octanol–water partition coefficient (Wildman–Crippen LogP) is 1.29. The van der Waals surface area contributed by atoms with Gasteiger partial charge in [0.2, 0.25) is 0 Å². The second-order valence-electron chi connectivity index (χ2n) is 5.08. The summed E-state index contributed by atoms with van der Waals surface area (Å²) >= 11 is 0. The van der Waals surface area contributed by atoms with Gasteiger partial charge in [-0.25, -0.2) is 12.8 Å². The molecule has 1 aromatic carbocycles. The molecule has 0 radical (unpaired) electrons. The molecule has 0 spiro atoms. The number of halogens is 1. The lowest BCUT2D eigenvalue weighted by molar-refractivity contribution is -0.128. The number of hydrogen-bond donors (Lipinski definition) is 1. The van der Waals surface area contributed by atoms with Gasteiger partial charge in [0.25, 0.3) is 5.91 Å². The predicted molar refractivity (Wildman–Crippen MR) is 76.3 cm³/mol. The molecule has 2 atom stereocenters. The summed E-state index contributed by atoms with van der Waals surface area (Å²) in [5.41, 5.74) is 0. The van der Waals surface area contributed by atoms with E-state index >= 15 is 0 Å². The first-order chi connectivity index (χ1) is 9.89. The molecule has 0 aromatic heterocycles. The van der Waals surface area contributed by atoms with Crippen LogP contribution in [-0.4, -0.2) is 38.0 Å². The van der Waals surface area contributed by atoms with E-state index in [1.54, 1.807) is 6.92 Å². The molecule has 21 heavy (non-hydrogen) atoms. The van der Waals surface area contributed by atoms with E-state index in [-0.39, 0.29) is 29.3 Å². The fraction of sp³-hybridized carbons (Fsp3) is 0.500. The molecule has 0 saturated carbocycles. The Balaban J connectivity index is 1.94. The quantitative estimate of drug-likeness (QED) is 0.888. The molecule has 1 amide bonds. The molecular weight excluding hydrogens is 297 g/mol. The number of benzene rings is 1. The van der Waals surface area contributed by atoms with Gasteiger partial charge in [0.05, 0.1) is 11.5 Å². The molecule has 1 aromatic rings. The van der Waals surface area contributed by atoms with Gasteiger partial charge in [-0.1, -0.05) is 6.92 Å². The smallest absolute Gasteiger partial charge is 0.261 e. The number of carbonyl (C=O) groups excluding carboxylic acids is 1. The largest absolute Gasteiger partial charge is 0.481 e. The summed E-state index contributed by atoms with van der Waals surface area (Å²) in [6, 6.07) is 5.05. The number of sulfone groups is 1. The summed E-state index contributed by atoms with van der Waals surface area (Å²) in [7, 11) is -3.03. The molecule has 5 nitrogen and oxygen atoms in total. The fourth-order valence-corrected chi connectivity index (χ4v) is 3.88. The van der Waals surface area contributed by atoms with Crippen molar-refractivity contribution < 1.29 is 22.3 Å². The van der Waals surface area contributed by atoms with Crippen LogP contribution in [-0.2, 0) is 14.6 Å². The van der Waals surface area contributed by atoms with E-state index in [0.29, 0.717) is 18.6 Å². The van der Waals surface area contributed by atoms with Gasteiger partial charge >= 0.3 is 0 Å². The number of nitrogens with one attached hydrogen (secondary N) is 1. The van der Waals surface area contributed by atoms with E-state index in [4.69, 9.17) is 4.74 Å². The van der Waals surface area contributed by atoms with Crippen molar-refractivity contribution in [3.63, 3.8) is 0 Å². The van der Waals surface area contributed by atoms with Gasteiger partial charge in [-0.3, -0.25) is 4.79 Å². The topological polar surface area (TPSA) is 72.5 Å². The van der Waals surface area contributed by atoms with Gasteiger partial charge in [0, 0.05) is 6.04 Å². The van der Waals surface area contributed by atoms with E-state index in [9.17, 15) is 17.6 Å². The summed E-state index contributed by atoms with van der Waals surface area (Å²) in [4.78, 5) is 12.1. The normalized spacial score (nSPS) is 21.7. The highest BCUT2D eigenvalue weighted by Crippen LogP contribution is 2.16. The Kier molecular flexibility index (Phi) is 4.82. The fourth-order valence-electron chi connectivity index (χ4n) is 2.20. The molecule has 1 aliphatic rings. The SMILES string of the molecule is CC[C@@H](Oc1ccc(F)cc1)C(=O)N[C@H]1CCS(=O)(=O)C1. The van der Waals surface area contributed by atoms with Crippen molar-refractivity contribution in [3.05, 3.63) is 30.1 Å². The van der Waals surface area contributed by atoms with Crippen molar-refractivity contribution in [2.24, 2.45) is 0 Å². The summed E-state index contributed by atoms with van der Waals surface area (Å²) in [6.45, 7) is 1.79. The van der Waals surface area contributed by atoms with Gasteiger partial charge in [0.1, 0.15) is 11.6 Å². The van der Waals surface area contributed by atoms with E-state index in [0.717, 1.165) is 0 Å². The summed E-state index contributed by atoms with van der Waals surface area (Å²) in [6.07, 6.45) is 0.141. The summed E-state index contributed by atoms with van der Waals surface area (Å²) in [5, 5.41) is 2.70. The number of hydrogen-bond acceptors (Lipinski definition) is 4. The van der Waals surface area contributed by atoms with Crippen LogP contribution in [0.5, 0.6) is 5.75 Å². The standard InChI is InChI=1S/C14H18FNO4S/c1-2-13(20-12-5-3-10(15)4-6-12)14(17)16-11-7-8-21(18,19)9-11/h3-6,11,13H,2,7-9H2,1H3,(H,16,17)/t11-,13+/m0/s1. The minimum absolute atomic E-state index is 0.0221. The minimum Gasteiger partial charge on any atom is -0.481 e. The Labute approximate surface area is 123 Å². The van der Waals surface area contributed by atoms with Crippen LogP contribution in [0, 0.1) is 5.82 Å². The molecule has 2 rings (SSSR count). The van der Waals surface area contributed by atoms with Crippen LogP contribution >= 0.6 is 0 Å². The van der Waals surface area contributed by atoms with E-state index in [1.807, 2.05) is 0 Å². The maximum atomic E-state index is 12.8. The average Bonchev–Trinajstić information content (AvgIpc) is 2.77. The first kappa shape index (κ1) is 15.8. The molecule has 1 fully saturated rings. The molecular formula is C14H18FNO4S. The maximum Gasteiger partial charge on any atom is 0.261 e. The first-order valence-electron chi connectivity index (χ1n) is 6.82. The zero-order valence-corrected chi connectivity index (χ0v) is 12.5. The van der Waals surface area contributed by atoms with Crippen LogP contribution < -0.4 is 10.1 Å². The highest BCUT2D eigenvalue weighted by Gasteiger charge is 2.31. The zero-order chi connectivity index (χ0) is 15.5. The minimum atomic E-state index is -3.03. The Hall–Kier alpha value is -1.63. The van der Waals surface area contributed by atoms with Gasteiger partial charge in [-0.2, -0.15) is 0 Å². The van der Waals surface area contributed by atoms with Crippen molar-refractivity contribution >= 4 is 15.7 Å². The second-order valence-corrected chi connectivity index (χ2v) is 7.31. The summed E-state index contributed by atoms with van der Waals surface area (Å²) < 4.78 is 41.1. The van der Waals surface area contributed by atoms with E-state index in [1.165, 1.54) is 24.3 Å². The van der Waals surface area contributed by atoms with Crippen molar-refractivity contribution in [2.75, 3.05) is 11.5 Å². The number of amides is 1. The highest BCUT2D eigenvalue weighted by atomic mass is 32.2.